The molecule has 2 rings (SSSR count). The molecule has 0 bridgehead atoms. The topological polar surface area (TPSA) is 66.9 Å². The van der Waals surface area contributed by atoms with E-state index in [2.05, 4.69) is 0 Å². The first-order valence-electron chi connectivity index (χ1n) is 7.91. The number of anilines is 1. The maximum atomic E-state index is 12.6. The first-order chi connectivity index (χ1) is 12.6. The van der Waals surface area contributed by atoms with E-state index in [1.165, 1.54) is 4.90 Å². The highest BCUT2D eigenvalue weighted by molar-refractivity contribution is 7.88. The molecule has 0 aliphatic rings. The third-order valence-electron chi connectivity index (χ3n) is 3.96. The maximum Gasteiger partial charge on any atom is 0.242 e. The average molecular weight is 431 g/mol. The number of rotatable bonds is 7. The lowest BCUT2D eigenvalue weighted by Gasteiger charge is -2.24. The lowest BCUT2D eigenvalue weighted by atomic mass is 10.2. The minimum Gasteiger partial charge on any atom is -0.497 e. The fraction of sp³-hybridized carbons (Fsp3) is 0.278. The van der Waals surface area contributed by atoms with Crippen LogP contribution >= 0.6 is 23.2 Å². The van der Waals surface area contributed by atoms with Crippen LogP contribution in [0, 0.1) is 0 Å². The fourth-order valence-corrected chi connectivity index (χ4v) is 3.39. The summed E-state index contributed by atoms with van der Waals surface area (Å²) in [5.74, 6) is 0.294. The maximum absolute atomic E-state index is 12.6. The van der Waals surface area contributed by atoms with Crippen LogP contribution in [0.15, 0.2) is 42.5 Å². The van der Waals surface area contributed by atoms with Crippen LogP contribution in [0.5, 0.6) is 5.75 Å². The van der Waals surface area contributed by atoms with Crippen molar-refractivity contribution in [3.05, 3.63) is 58.1 Å². The Morgan fingerprint density at radius 2 is 1.70 bits per heavy atom. The van der Waals surface area contributed by atoms with Crippen LogP contribution < -0.4 is 9.64 Å². The molecular formula is C18H20Cl2N2O4S. The van der Waals surface area contributed by atoms with Crippen LogP contribution in [0.4, 0.5) is 5.69 Å². The summed E-state index contributed by atoms with van der Waals surface area (Å²) in [5.41, 5.74) is 1.26. The Morgan fingerprint density at radius 3 is 2.22 bits per heavy atom. The Balaban J connectivity index is 2.16. The predicted molar refractivity (Wildman–Crippen MR) is 108 cm³/mol. The number of nitrogens with zero attached hydrogens (tertiary/aromatic N) is 2. The number of halogens is 2. The van der Waals surface area contributed by atoms with E-state index in [1.807, 2.05) is 0 Å². The summed E-state index contributed by atoms with van der Waals surface area (Å²) in [4.78, 5) is 14.0. The lowest BCUT2D eigenvalue weighted by molar-refractivity contribution is -0.118. The van der Waals surface area contributed by atoms with Gasteiger partial charge in [0.05, 0.1) is 30.0 Å². The van der Waals surface area contributed by atoms with Crippen LogP contribution in [0.25, 0.3) is 0 Å². The summed E-state index contributed by atoms with van der Waals surface area (Å²) in [6, 6.07) is 11.7. The number of methoxy groups -OCH3 is 1. The largest absolute Gasteiger partial charge is 0.497 e. The molecule has 2 aromatic carbocycles. The third-order valence-corrected chi connectivity index (χ3v) is 5.89. The molecule has 9 heteroatoms. The summed E-state index contributed by atoms with van der Waals surface area (Å²) in [7, 11) is -0.478. The van der Waals surface area contributed by atoms with E-state index in [0.717, 1.165) is 10.6 Å². The number of hydrogen-bond acceptors (Lipinski definition) is 4. The molecule has 1 amide bonds. The molecule has 0 N–H and O–H groups in total. The molecule has 0 saturated heterocycles. The number of likely N-dealkylation sites (N-methyl/N-ethyl adjacent to an activating group) is 1. The van der Waals surface area contributed by atoms with Crippen molar-refractivity contribution in [1.29, 1.82) is 0 Å². The van der Waals surface area contributed by atoms with Gasteiger partial charge in [0.2, 0.25) is 15.9 Å². The van der Waals surface area contributed by atoms with Gasteiger partial charge in [0.15, 0.2) is 0 Å². The van der Waals surface area contributed by atoms with Crippen molar-refractivity contribution >= 4 is 44.8 Å². The van der Waals surface area contributed by atoms with Gasteiger partial charge in [0, 0.05) is 19.3 Å². The summed E-state index contributed by atoms with van der Waals surface area (Å²) in [6.07, 6.45) is 1.06. The van der Waals surface area contributed by atoms with Gasteiger partial charge in [-0.15, -0.1) is 0 Å². The van der Waals surface area contributed by atoms with E-state index >= 15 is 0 Å². The van der Waals surface area contributed by atoms with Crippen LogP contribution in [0.3, 0.4) is 0 Å². The number of sulfonamides is 1. The Bertz CT molecular complexity index is 917. The highest BCUT2D eigenvalue weighted by Gasteiger charge is 2.23. The summed E-state index contributed by atoms with van der Waals surface area (Å²) in [5, 5.41) is 0.700. The average Bonchev–Trinajstić information content (AvgIpc) is 2.62. The van der Waals surface area contributed by atoms with Gasteiger partial charge in [0.25, 0.3) is 0 Å². The Morgan fingerprint density at radius 1 is 1.07 bits per heavy atom. The normalized spacial score (nSPS) is 11.5. The number of ether oxygens (including phenoxy) is 1. The van der Waals surface area contributed by atoms with Gasteiger partial charge in [-0.3, -0.25) is 4.79 Å². The molecule has 146 valence electrons. The van der Waals surface area contributed by atoms with Crippen molar-refractivity contribution < 1.29 is 17.9 Å². The van der Waals surface area contributed by atoms with Gasteiger partial charge in [-0.05, 0) is 42.0 Å². The minimum atomic E-state index is -3.62. The number of amides is 1. The zero-order chi connectivity index (χ0) is 20.2. The van der Waals surface area contributed by atoms with Gasteiger partial charge in [-0.25, -0.2) is 8.42 Å². The quantitative estimate of drug-likeness (QED) is 0.674. The predicted octanol–water partition coefficient (Wildman–Crippen LogP) is 3.43. The van der Waals surface area contributed by atoms with Crippen molar-refractivity contribution in [3.8, 4) is 5.75 Å². The number of carbonyl (C=O) groups is 1. The Hall–Kier alpha value is -1.80. The van der Waals surface area contributed by atoms with Gasteiger partial charge in [0.1, 0.15) is 5.75 Å². The van der Waals surface area contributed by atoms with E-state index in [0.29, 0.717) is 27.0 Å². The molecule has 27 heavy (non-hydrogen) atoms. The van der Waals surface area contributed by atoms with Gasteiger partial charge in [-0.2, -0.15) is 4.31 Å². The van der Waals surface area contributed by atoms with E-state index in [-0.39, 0.29) is 19.0 Å². The second-order valence-corrected chi connectivity index (χ2v) is 8.73. The molecular weight excluding hydrogens is 411 g/mol. The molecule has 0 saturated carbocycles. The molecule has 0 unspecified atom stereocenters. The van der Waals surface area contributed by atoms with Crippen molar-refractivity contribution in [1.82, 2.24) is 4.31 Å². The second-order valence-electron chi connectivity index (χ2n) is 5.93. The molecule has 0 atom stereocenters. The standard InChI is InChI=1S/C18H20Cl2N2O4S/c1-21(14-5-7-15(26-2)8-6-14)18(23)12-22(27(3,24)25)11-13-4-9-16(19)17(20)10-13/h4-10H,11-12H2,1-3H3. The van der Waals surface area contributed by atoms with E-state index in [4.69, 9.17) is 27.9 Å². The van der Waals surface area contributed by atoms with Gasteiger partial charge < -0.3 is 9.64 Å². The highest BCUT2D eigenvalue weighted by atomic mass is 35.5. The van der Waals surface area contributed by atoms with Crippen LogP contribution in [-0.2, 0) is 21.4 Å². The number of benzene rings is 2. The van der Waals surface area contributed by atoms with Crippen molar-refractivity contribution in [2.24, 2.45) is 0 Å². The molecule has 2 aromatic rings. The SMILES string of the molecule is COc1ccc(N(C)C(=O)CN(Cc2ccc(Cl)c(Cl)c2)S(C)(=O)=O)cc1. The van der Waals surface area contributed by atoms with Crippen molar-refractivity contribution in [2.45, 2.75) is 6.54 Å². The summed E-state index contributed by atoms with van der Waals surface area (Å²) < 4.78 is 30.5. The van der Waals surface area contributed by atoms with Gasteiger partial charge >= 0.3 is 0 Å². The van der Waals surface area contributed by atoms with E-state index in [1.54, 1.807) is 56.6 Å². The van der Waals surface area contributed by atoms with Crippen LogP contribution in [-0.4, -0.2) is 45.6 Å². The van der Waals surface area contributed by atoms with Crippen molar-refractivity contribution in [2.75, 3.05) is 31.9 Å². The van der Waals surface area contributed by atoms with Crippen LogP contribution in [0.2, 0.25) is 10.0 Å². The van der Waals surface area contributed by atoms with Crippen molar-refractivity contribution in [3.63, 3.8) is 0 Å². The van der Waals surface area contributed by atoms with Gasteiger partial charge in [-0.1, -0.05) is 29.3 Å². The molecule has 0 heterocycles. The Labute approximate surface area is 169 Å². The van der Waals surface area contributed by atoms with E-state index < -0.39 is 10.0 Å². The molecule has 0 spiro atoms. The third kappa shape index (κ3) is 5.84. The molecule has 0 radical (unpaired) electrons. The highest BCUT2D eigenvalue weighted by Crippen LogP contribution is 2.24. The molecule has 0 aromatic heterocycles. The molecule has 0 aliphatic carbocycles. The Kier molecular flexibility index (Phi) is 7.11. The van der Waals surface area contributed by atoms with Crippen LogP contribution in [0.1, 0.15) is 5.56 Å². The molecule has 6 nitrogen and oxygen atoms in total. The lowest BCUT2D eigenvalue weighted by Crippen LogP contribution is -2.40. The minimum absolute atomic E-state index is 0.0118. The smallest absolute Gasteiger partial charge is 0.242 e. The molecule has 0 fully saturated rings. The first-order valence-corrected chi connectivity index (χ1v) is 10.5. The first kappa shape index (κ1) is 21.5. The zero-order valence-corrected chi connectivity index (χ0v) is 17.5. The number of hydrogen-bond donors (Lipinski definition) is 0. The molecule has 0 aliphatic heterocycles. The summed E-state index contributed by atoms with van der Waals surface area (Å²) in [6.45, 7) is -0.292. The monoisotopic (exact) mass is 430 g/mol. The fourth-order valence-electron chi connectivity index (χ4n) is 2.34. The second kappa shape index (κ2) is 8.93. The van der Waals surface area contributed by atoms with E-state index in [9.17, 15) is 13.2 Å². The number of carbonyl (C=O) groups excluding carboxylic acids is 1. The zero-order valence-electron chi connectivity index (χ0n) is 15.1. The summed E-state index contributed by atoms with van der Waals surface area (Å²) >= 11 is 11.9.